The van der Waals surface area contributed by atoms with Crippen LogP contribution in [-0.2, 0) is 55.4 Å². The summed E-state index contributed by atoms with van der Waals surface area (Å²) in [6, 6.07) is 14.4. The van der Waals surface area contributed by atoms with Crippen LogP contribution in [0, 0.1) is 31.4 Å². The van der Waals surface area contributed by atoms with E-state index in [0.29, 0.717) is 35.1 Å². The van der Waals surface area contributed by atoms with Gasteiger partial charge in [0.15, 0.2) is 5.65 Å². The predicted octanol–water partition coefficient (Wildman–Crippen LogP) is 13.4. The second-order valence-corrected chi connectivity index (χ2v) is 24.1. The third kappa shape index (κ3) is 14.8. The van der Waals surface area contributed by atoms with Gasteiger partial charge in [0.05, 0.1) is 76.9 Å². The number of aromatic nitrogens is 6. The number of anilines is 2. The largest absolute Gasteiger partial charge is 0.494 e. The summed E-state index contributed by atoms with van der Waals surface area (Å²) in [5.74, 6) is -1.59. The van der Waals surface area contributed by atoms with Gasteiger partial charge in [0, 0.05) is 62.3 Å². The summed E-state index contributed by atoms with van der Waals surface area (Å²) in [4.78, 5) is 57.6. The summed E-state index contributed by atoms with van der Waals surface area (Å²) in [6.45, 7) is 16.1. The molecule has 2 amide bonds. The standard InChI is InChI=1S/C25H20F4N4O.C21H23BF4N2O3.C14H16BrN3O2/c1-13-20(25(27,28)29)9-18(11-30-13)33-23(34)8-16-5-4-15(7-21(16)26)17-6-19-22(31-10-17)12-32-24(19)14-2-3-14;1-12-16(21(24,25)26)10-15(11-27-12)28-18(29)8-13-6-7-14(9-17(13)23)22-30-19(2,3)20(4,5)31-22;1-14(2,3)20-13(19)18-12-10(6-9(15)7-16-12)11(17-18)8-4-5-8/h4-7,9-11,14H,2-3,8,12H2,1H3,(H,33,34);6-7,9-11H,8H2,1-5H3,(H,28,29);6-8H,4-5H2,1-3H3. The lowest BCUT2D eigenvalue weighted by molar-refractivity contribution is -0.139. The van der Waals surface area contributed by atoms with Crippen molar-refractivity contribution in [2.75, 3.05) is 10.6 Å². The number of ether oxygens (including phenoxy) is 1. The van der Waals surface area contributed by atoms with Gasteiger partial charge in [-0.05, 0) is 162 Å². The number of amides is 2. The van der Waals surface area contributed by atoms with Gasteiger partial charge in [-0.25, -0.2) is 18.6 Å². The Morgan fingerprint density at radius 1 is 0.694 bits per heavy atom. The number of hydrogen-bond donors (Lipinski definition) is 2. The highest BCUT2D eigenvalue weighted by molar-refractivity contribution is 9.10. The number of alkyl halides is 6. The topological polar surface area (TPSA) is 185 Å². The summed E-state index contributed by atoms with van der Waals surface area (Å²) in [6.07, 6.45) is -0.229. The van der Waals surface area contributed by atoms with Crippen molar-refractivity contribution in [2.24, 2.45) is 10.9 Å². The molecule has 7 aromatic rings. The van der Waals surface area contributed by atoms with Crippen molar-refractivity contribution >= 4 is 74.5 Å². The van der Waals surface area contributed by atoms with Gasteiger partial charge in [-0.2, -0.15) is 31.4 Å². The maximum atomic E-state index is 14.8. The van der Waals surface area contributed by atoms with E-state index in [1.807, 2.05) is 60.6 Å². The Labute approximate surface area is 493 Å². The number of rotatable bonds is 10. The molecule has 0 bridgehead atoms. The van der Waals surface area contributed by atoms with E-state index >= 15 is 0 Å². The molecule has 446 valence electrons. The Bertz CT molecular complexity index is 3770. The van der Waals surface area contributed by atoms with Crippen LogP contribution in [-0.4, -0.2) is 77.3 Å². The van der Waals surface area contributed by atoms with Crippen LogP contribution in [0.15, 0.2) is 94.9 Å². The fourth-order valence-corrected chi connectivity index (χ4v) is 9.61. The summed E-state index contributed by atoms with van der Waals surface area (Å²) in [5, 5.41) is 10.1. The molecule has 4 aliphatic rings. The Balaban J connectivity index is 0.000000158. The van der Waals surface area contributed by atoms with Crippen LogP contribution >= 0.6 is 15.9 Å². The first-order valence-corrected chi connectivity index (χ1v) is 27.9. The van der Waals surface area contributed by atoms with Crippen LogP contribution in [0.4, 0.5) is 51.3 Å². The van der Waals surface area contributed by atoms with Gasteiger partial charge in [-0.15, -0.1) is 4.68 Å². The molecule has 2 saturated carbocycles. The molecule has 7 heterocycles. The van der Waals surface area contributed by atoms with Crippen LogP contribution in [0.2, 0.25) is 0 Å². The zero-order chi connectivity index (χ0) is 61.7. The molecule has 2 aromatic carbocycles. The van der Waals surface area contributed by atoms with E-state index in [4.69, 9.17) is 14.0 Å². The van der Waals surface area contributed by atoms with Gasteiger partial charge in [0.1, 0.15) is 17.2 Å². The number of halogens is 9. The molecule has 3 fully saturated rings. The highest BCUT2D eigenvalue weighted by Gasteiger charge is 2.52. The van der Waals surface area contributed by atoms with Gasteiger partial charge in [-0.1, -0.05) is 24.3 Å². The summed E-state index contributed by atoms with van der Waals surface area (Å²) in [7, 11) is -0.748. The third-order valence-electron chi connectivity index (χ3n) is 14.7. The van der Waals surface area contributed by atoms with Crippen molar-refractivity contribution in [2.45, 2.75) is 142 Å². The first-order chi connectivity index (χ1) is 39.7. The zero-order valence-electron chi connectivity index (χ0n) is 47.7. The van der Waals surface area contributed by atoms with E-state index in [1.165, 1.54) is 42.8 Å². The average Bonchev–Trinajstić information content (AvgIpc) is 1.92. The van der Waals surface area contributed by atoms with Crippen molar-refractivity contribution in [3.63, 3.8) is 0 Å². The molecule has 11 rings (SSSR count). The van der Waals surface area contributed by atoms with E-state index in [0.717, 1.165) is 88.3 Å². The molecular formula is C60H59BBrF8N9O6. The molecule has 1 saturated heterocycles. The molecule has 0 unspecified atom stereocenters. The molecule has 15 nitrogen and oxygen atoms in total. The minimum absolute atomic E-state index is 0.0916. The first-order valence-electron chi connectivity index (χ1n) is 27.1. The van der Waals surface area contributed by atoms with Gasteiger partial charge in [0.2, 0.25) is 11.8 Å². The number of aryl methyl sites for hydroxylation is 2. The lowest BCUT2D eigenvalue weighted by Gasteiger charge is -2.32. The van der Waals surface area contributed by atoms with Crippen LogP contribution in [0.3, 0.4) is 0 Å². The molecule has 5 aromatic heterocycles. The smallest absolute Gasteiger partial charge is 0.442 e. The molecule has 2 aliphatic carbocycles. The molecule has 2 aliphatic heterocycles. The maximum absolute atomic E-state index is 14.8. The van der Waals surface area contributed by atoms with Crippen molar-refractivity contribution in [1.29, 1.82) is 0 Å². The van der Waals surface area contributed by atoms with Crippen LogP contribution in [0.1, 0.15) is 131 Å². The normalized spacial score (nSPS) is 16.2. The number of carbonyl (C=O) groups excluding carboxylic acids is 3. The fourth-order valence-electron chi connectivity index (χ4n) is 9.27. The van der Waals surface area contributed by atoms with E-state index in [9.17, 15) is 49.5 Å². The Morgan fingerprint density at radius 3 is 1.74 bits per heavy atom. The number of carbonyl (C=O) groups is 3. The van der Waals surface area contributed by atoms with Gasteiger partial charge in [0.25, 0.3) is 0 Å². The first kappa shape index (κ1) is 62.0. The minimum atomic E-state index is -4.59. The molecule has 25 heteroatoms. The third-order valence-corrected chi connectivity index (χ3v) is 15.1. The summed E-state index contributed by atoms with van der Waals surface area (Å²) >= 11 is 3.42. The highest BCUT2D eigenvalue weighted by atomic mass is 79.9. The Kier molecular flexibility index (Phi) is 17.3. The molecule has 2 N–H and O–H groups in total. The maximum Gasteiger partial charge on any atom is 0.494 e. The number of fused-ring (bicyclic) bond motifs is 2. The fraction of sp³-hybridized carbons (Fsp3) is 0.383. The predicted molar refractivity (Wildman–Crippen MR) is 306 cm³/mol. The zero-order valence-corrected chi connectivity index (χ0v) is 49.3. The Hall–Kier alpha value is -7.51. The Morgan fingerprint density at radius 2 is 1.24 bits per heavy atom. The average molecular weight is 1240 g/mol. The van der Waals surface area contributed by atoms with Crippen molar-refractivity contribution < 1.29 is 63.6 Å². The number of benzene rings is 2. The monoisotopic (exact) mass is 1240 g/mol. The minimum Gasteiger partial charge on any atom is -0.442 e. The highest BCUT2D eigenvalue weighted by Crippen LogP contribution is 2.43. The molecule has 0 radical (unpaired) electrons. The second-order valence-electron chi connectivity index (χ2n) is 23.2. The van der Waals surface area contributed by atoms with Gasteiger partial charge >= 0.3 is 25.6 Å². The molecular weight excluding hydrogens is 1190 g/mol. The number of nitrogens with one attached hydrogen (secondary N) is 2. The van der Waals surface area contributed by atoms with E-state index in [2.05, 4.69) is 56.6 Å². The second kappa shape index (κ2) is 23.7. The van der Waals surface area contributed by atoms with Crippen LogP contribution in [0.25, 0.3) is 22.2 Å². The van der Waals surface area contributed by atoms with Crippen LogP contribution in [0.5, 0.6) is 0 Å². The van der Waals surface area contributed by atoms with Crippen molar-refractivity contribution in [3.8, 4) is 11.1 Å². The molecule has 0 atom stereocenters. The molecule has 85 heavy (non-hydrogen) atoms. The van der Waals surface area contributed by atoms with Gasteiger partial charge in [-0.3, -0.25) is 29.5 Å². The van der Waals surface area contributed by atoms with E-state index in [1.54, 1.807) is 24.5 Å². The van der Waals surface area contributed by atoms with Gasteiger partial charge < -0.3 is 24.7 Å². The lowest BCUT2D eigenvalue weighted by atomic mass is 9.78. The summed E-state index contributed by atoms with van der Waals surface area (Å²) < 4.78 is 127. The van der Waals surface area contributed by atoms with Crippen LogP contribution < -0.4 is 16.1 Å². The lowest BCUT2D eigenvalue weighted by Crippen LogP contribution is -2.41. The number of nitrogens with zero attached hydrogens (tertiary/aromatic N) is 7. The van der Waals surface area contributed by atoms with Crippen molar-refractivity contribution in [1.82, 2.24) is 29.7 Å². The molecule has 0 spiro atoms. The number of pyridine rings is 4. The van der Waals surface area contributed by atoms with E-state index in [-0.39, 0.29) is 46.7 Å². The SMILES string of the molecule is CC(C)(C)OC(=O)n1nc(C2CC2)c2cc(Br)cnc21.Cc1ncc(NC(=O)Cc2ccc(-c3cnc4c(c3)C(C3CC3)=NC4)cc2F)cc1C(F)(F)F.Cc1ncc(NC(=O)Cc2ccc(B3OC(C)(C)C(C)(C)O3)cc2F)cc1C(F)(F)F. The number of hydrogen-bond acceptors (Lipinski definition) is 12. The summed E-state index contributed by atoms with van der Waals surface area (Å²) in [5.41, 5.74) is 2.42. The number of aliphatic imine (C=N–C) groups is 1. The van der Waals surface area contributed by atoms with Crippen molar-refractivity contribution in [3.05, 3.63) is 152 Å². The quantitative estimate of drug-likeness (QED) is 0.0981. The van der Waals surface area contributed by atoms with E-state index < -0.39 is 76.9 Å².